The number of likely N-dealkylation sites (tertiary alicyclic amines) is 1. The Morgan fingerprint density at radius 2 is 2.05 bits per heavy atom. The number of carbonyl (C=O) groups excluding carboxylic acids is 1. The predicted molar refractivity (Wildman–Crippen MR) is 81.4 cm³/mol. The second kappa shape index (κ2) is 6.02. The van der Waals surface area contributed by atoms with Crippen LogP contribution in [0, 0.1) is 6.92 Å². The highest BCUT2D eigenvalue weighted by molar-refractivity contribution is 5.74. The molecule has 2 fully saturated rings. The molecule has 1 aromatic heterocycles. The van der Waals surface area contributed by atoms with E-state index in [0.29, 0.717) is 0 Å². The zero-order chi connectivity index (χ0) is 14.8. The van der Waals surface area contributed by atoms with Crippen molar-refractivity contribution >= 4 is 11.7 Å². The molecule has 5 heteroatoms. The van der Waals surface area contributed by atoms with Crippen molar-refractivity contribution in [3.05, 3.63) is 23.4 Å². The highest BCUT2D eigenvalue weighted by Gasteiger charge is 2.29. The quantitative estimate of drug-likeness (QED) is 0.834. The van der Waals surface area contributed by atoms with Gasteiger partial charge in [-0.15, -0.1) is 0 Å². The summed E-state index contributed by atoms with van der Waals surface area (Å²) in [5, 5.41) is 0. The van der Waals surface area contributed by atoms with Gasteiger partial charge in [-0.25, -0.2) is 4.98 Å². The van der Waals surface area contributed by atoms with Gasteiger partial charge in [-0.3, -0.25) is 4.79 Å². The summed E-state index contributed by atoms with van der Waals surface area (Å²) < 4.78 is 5.38. The van der Waals surface area contributed by atoms with Crippen molar-refractivity contribution in [3.8, 4) is 0 Å². The van der Waals surface area contributed by atoms with E-state index >= 15 is 0 Å². The minimum Gasteiger partial charge on any atom is -0.378 e. The first-order valence-corrected chi connectivity index (χ1v) is 7.74. The Bertz CT molecular complexity index is 526. The van der Waals surface area contributed by atoms with Crippen molar-refractivity contribution in [1.29, 1.82) is 0 Å². The van der Waals surface area contributed by atoms with Crippen LogP contribution in [-0.2, 0) is 9.53 Å². The van der Waals surface area contributed by atoms with Crippen molar-refractivity contribution in [2.45, 2.75) is 32.7 Å². The number of ether oxygens (including phenoxy) is 1. The first-order chi connectivity index (χ1) is 10.2. The second-order valence-electron chi connectivity index (χ2n) is 5.81. The number of carbonyl (C=O) groups is 1. The lowest BCUT2D eigenvalue weighted by Gasteiger charge is -2.29. The summed E-state index contributed by atoms with van der Waals surface area (Å²) in [5.74, 6) is 1.18. The number of nitrogens with zero attached hydrogens (tertiary/aromatic N) is 3. The monoisotopic (exact) mass is 289 g/mol. The number of aryl methyl sites for hydroxylation is 1. The number of pyridine rings is 1. The Morgan fingerprint density at radius 1 is 1.29 bits per heavy atom. The molecule has 21 heavy (non-hydrogen) atoms. The third-order valence-electron chi connectivity index (χ3n) is 4.46. The lowest BCUT2D eigenvalue weighted by Crippen LogP contribution is -2.37. The maximum absolute atomic E-state index is 11.7. The number of hydrogen-bond acceptors (Lipinski definition) is 4. The number of morpholine rings is 1. The van der Waals surface area contributed by atoms with Gasteiger partial charge in [-0.1, -0.05) is 6.07 Å². The Balaban J connectivity index is 1.82. The van der Waals surface area contributed by atoms with Gasteiger partial charge < -0.3 is 14.5 Å². The summed E-state index contributed by atoms with van der Waals surface area (Å²) in [4.78, 5) is 20.7. The topological polar surface area (TPSA) is 45.7 Å². The Hall–Kier alpha value is -1.62. The van der Waals surface area contributed by atoms with E-state index in [1.54, 1.807) is 6.92 Å². The lowest BCUT2D eigenvalue weighted by molar-refractivity contribution is -0.129. The Labute approximate surface area is 125 Å². The third kappa shape index (κ3) is 2.88. The third-order valence-corrected chi connectivity index (χ3v) is 4.46. The highest BCUT2D eigenvalue weighted by Crippen LogP contribution is 2.34. The molecule has 1 amide bonds. The fraction of sp³-hybridized carbons (Fsp3) is 0.625. The summed E-state index contributed by atoms with van der Waals surface area (Å²) in [5.41, 5.74) is 2.23. The molecule has 0 N–H and O–H groups in total. The molecular formula is C16H23N3O2. The smallest absolute Gasteiger partial charge is 0.219 e. The van der Waals surface area contributed by atoms with E-state index in [4.69, 9.17) is 9.72 Å². The summed E-state index contributed by atoms with van der Waals surface area (Å²) in [6.07, 6.45) is 2.12. The average molecular weight is 289 g/mol. The molecule has 0 aliphatic carbocycles. The molecule has 3 rings (SSSR count). The van der Waals surface area contributed by atoms with Crippen LogP contribution >= 0.6 is 0 Å². The molecule has 2 aliphatic rings. The molecule has 3 heterocycles. The van der Waals surface area contributed by atoms with Crippen molar-refractivity contribution in [2.75, 3.05) is 37.7 Å². The van der Waals surface area contributed by atoms with Crippen LogP contribution in [0.5, 0.6) is 0 Å². The van der Waals surface area contributed by atoms with Crippen LogP contribution in [-0.4, -0.2) is 48.6 Å². The predicted octanol–water partition coefficient (Wildman–Crippen LogP) is 1.91. The molecule has 0 radical (unpaired) electrons. The largest absolute Gasteiger partial charge is 0.378 e. The van der Waals surface area contributed by atoms with E-state index in [9.17, 15) is 4.79 Å². The zero-order valence-electron chi connectivity index (χ0n) is 12.8. The van der Waals surface area contributed by atoms with Gasteiger partial charge in [-0.05, 0) is 31.4 Å². The second-order valence-corrected chi connectivity index (χ2v) is 5.81. The summed E-state index contributed by atoms with van der Waals surface area (Å²) in [6.45, 7) is 7.90. The molecule has 114 valence electrons. The first kappa shape index (κ1) is 14.3. The van der Waals surface area contributed by atoms with Gasteiger partial charge in [0.05, 0.1) is 19.3 Å². The van der Waals surface area contributed by atoms with E-state index in [1.807, 2.05) is 4.90 Å². The number of anilines is 1. The zero-order valence-corrected chi connectivity index (χ0v) is 12.8. The van der Waals surface area contributed by atoms with E-state index in [-0.39, 0.29) is 11.9 Å². The van der Waals surface area contributed by atoms with Gasteiger partial charge in [-0.2, -0.15) is 0 Å². The van der Waals surface area contributed by atoms with Gasteiger partial charge in [0.1, 0.15) is 5.82 Å². The van der Waals surface area contributed by atoms with E-state index in [1.165, 1.54) is 5.56 Å². The molecular weight excluding hydrogens is 266 g/mol. The molecule has 0 bridgehead atoms. The standard InChI is InChI=1S/C16H23N3O2/c1-12-14(15-4-3-7-19(15)13(2)20)5-6-16(17-12)18-8-10-21-11-9-18/h5-6,15H,3-4,7-11H2,1-2H3. The number of rotatable bonds is 2. The molecule has 1 atom stereocenters. The van der Waals surface area contributed by atoms with Crippen LogP contribution in [0.3, 0.4) is 0 Å². The fourth-order valence-corrected chi connectivity index (χ4v) is 3.35. The molecule has 1 unspecified atom stereocenters. The SMILES string of the molecule is CC(=O)N1CCCC1c1ccc(N2CCOCC2)nc1C. The van der Waals surface area contributed by atoms with Crippen molar-refractivity contribution in [1.82, 2.24) is 9.88 Å². The van der Waals surface area contributed by atoms with Gasteiger partial charge in [0, 0.05) is 32.3 Å². The van der Waals surface area contributed by atoms with Crippen LogP contribution in [0.15, 0.2) is 12.1 Å². The average Bonchev–Trinajstić information content (AvgIpc) is 2.97. The van der Waals surface area contributed by atoms with Crippen LogP contribution in [0.1, 0.15) is 37.1 Å². The van der Waals surface area contributed by atoms with Gasteiger partial charge in [0.15, 0.2) is 0 Å². The maximum Gasteiger partial charge on any atom is 0.219 e. The molecule has 5 nitrogen and oxygen atoms in total. The normalized spacial score (nSPS) is 22.7. The van der Waals surface area contributed by atoms with E-state index in [0.717, 1.165) is 57.2 Å². The molecule has 2 aliphatic heterocycles. The van der Waals surface area contributed by atoms with Crippen molar-refractivity contribution in [3.63, 3.8) is 0 Å². The molecule has 0 spiro atoms. The van der Waals surface area contributed by atoms with Gasteiger partial charge in [0.2, 0.25) is 5.91 Å². The van der Waals surface area contributed by atoms with Crippen LogP contribution in [0.2, 0.25) is 0 Å². The van der Waals surface area contributed by atoms with Crippen molar-refractivity contribution in [2.24, 2.45) is 0 Å². The number of hydrogen-bond donors (Lipinski definition) is 0. The number of amides is 1. The number of aromatic nitrogens is 1. The molecule has 1 aromatic rings. The van der Waals surface area contributed by atoms with E-state index < -0.39 is 0 Å². The highest BCUT2D eigenvalue weighted by atomic mass is 16.5. The molecule has 0 saturated carbocycles. The lowest BCUT2D eigenvalue weighted by atomic mass is 10.0. The summed E-state index contributed by atoms with van der Waals surface area (Å²) in [6, 6.07) is 4.44. The first-order valence-electron chi connectivity index (χ1n) is 7.74. The van der Waals surface area contributed by atoms with Gasteiger partial charge >= 0.3 is 0 Å². The van der Waals surface area contributed by atoms with Crippen LogP contribution in [0.25, 0.3) is 0 Å². The Kier molecular flexibility index (Phi) is 4.10. The maximum atomic E-state index is 11.7. The van der Waals surface area contributed by atoms with E-state index in [2.05, 4.69) is 24.0 Å². The van der Waals surface area contributed by atoms with Crippen molar-refractivity contribution < 1.29 is 9.53 Å². The minimum absolute atomic E-state index is 0.161. The van der Waals surface area contributed by atoms with Crippen LogP contribution < -0.4 is 4.90 Å². The Morgan fingerprint density at radius 3 is 2.71 bits per heavy atom. The fourth-order valence-electron chi connectivity index (χ4n) is 3.35. The summed E-state index contributed by atoms with van der Waals surface area (Å²) >= 11 is 0. The summed E-state index contributed by atoms with van der Waals surface area (Å²) in [7, 11) is 0. The molecule has 0 aromatic carbocycles. The van der Waals surface area contributed by atoms with Gasteiger partial charge in [0.25, 0.3) is 0 Å². The van der Waals surface area contributed by atoms with Crippen LogP contribution in [0.4, 0.5) is 5.82 Å². The molecule has 2 saturated heterocycles. The minimum atomic E-state index is 0.161.